The molecule has 0 N–H and O–H groups in total. The van der Waals surface area contributed by atoms with Gasteiger partial charge in [-0.1, -0.05) is 24.3 Å². The molecule has 3 aliphatic carbocycles. The minimum absolute atomic E-state index is 0.0229. The number of rotatable bonds is 3. The number of amides is 3. The Morgan fingerprint density at radius 3 is 1.96 bits per heavy atom. The second-order valence-corrected chi connectivity index (χ2v) is 7.48. The van der Waals surface area contributed by atoms with Crippen LogP contribution in [0.15, 0.2) is 36.4 Å². The summed E-state index contributed by atoms with van der Waals surface area (Å²) in [6, 6.07) is 7.21. The molecule has 4 aliphatic rings. The van der Waals surface area contributed by atoms with Gasteiger partial charge in [-0.15, -0.1) is 0 Å². The van der Waals surface area contributed by atoms with Crippen molar-refractivity contribution in [2.24, 2.45) is 23.7 Å². The first-order valence-electron chi connectivity index (χ1n) is 8.82. The van der Waals surface area contributed by atoms with E-state index >= 15 is 0 Å². The number of hydrogen-bond donors (Lipinski definition) is 0. The molecule has 25 heavy (non-hydrogen) atoms. The summed E-state index contributed by atoms with van der Waals surface area (Å²) in [5, 5.41) is 0. The van der Waals surface area contributed by atoms with Crippen molar-refractivity contribution < 1.29 is 14.4 Å². The third-order valence-electron chi connectivity index (χ3n) is 5.81. The molecule has 1 aliphatic heterocycles. The third-order valence-corrected chi connectivity index (χ3v) is 5.81. The van der Waals surface area contributed by atoms with Crippen LogP contribution in [0.25, 0.3) is 0 Å². The van der Waals surface area contributed by atoms with E-state index in [1.807, 2.05) is 12.1 Å². The highest BCUT2D eigenvalue weighted by molar-refractivity contribution is 6.22. The molecule has 130 valence electrons. The molecule has 1 aromatic rings. The summed E-state index contributed by atoms with van der Waals surface area (Å²) < 4.78 is 0. The van der Waals surface area contributed by atoms with Gasteiger partial charge >= 0.3 is 0 Å². The van der Waals surface area contributed by atoms with E-state index in [1.165, 1.54) is 4.90 Å². The Morgan fingerprint density at radius 2 is 1.52 bits per heavy atom. The third kappa shape index (κ3) is 2.49. The molecule has 1 aromatic carbocycles. The predicted molar refractivity (Wildman–Crippen MR) is 93.7 cm³/mol. The molecule has 0 radical (unpaired) electrons. The largest absolute Gasteiger partial charge is 0.349 e. The van der Waals surface area contributed by atoms with Gasteiger partial charge in [-0.25, -0.2) is 0 Å². The van der Waals surface area contributed by atoms with Gasteiger partial charge in [0.15, 0.2) is 0 Å². The zero-order valence-electron chi connectivity index (χ0n) is 14.5. The van der Waals surface area contributed by atoms with Crippen LogP contribution in [0, 0.1) is 23.7 Å². The molecule has 5 rings (SSSR count). The number of likely N-dealkylation sites (N-methyl/N-ethyl adjacent to an activating group) is 1. The first-order chi connectivity index (χ1) is 12.0. The summed E-state index contributed by atoms with van der Waals surface area (Å²) in [5.74, 6) is -0.0774. The lowest BCUT2D eigenvalue weighted by Crippen LogP contribution is -2.38. The Morgan fingerprint density at radius 1 is 1.00 bits per heavy atom. The summed E-state index contributed by atoms with van der Waals surface area (Å²) in [6.07, 6.45) is 6.57. The monoisotopic (exact) mass is 338 g/mol. The number of imide groups is 1. The molecule has 1 saturated heterocycles. The van der Waals surface area contributed by atoms with Crippen LogP contribution in [0.1, 0.15) is 18.4 Å². The van der Waals surface area contributed by atoms with Gasteiger partial charge in [0.2, 0.25) is 17.7 Å². The molecule has 1 saturated carbocycles. The minimum atomic E-state index is -0.189. The maximum absolute atomic E-state index is 12.9. The van der Waals surface area contributed by atoms with Gasteiger partial charge in [0.25, 0.3) is 0 Å². The van der Waals surface area contributed by atoms with E-state index in [4.69, 9.17) is 0 Å². The Balaban J connectivity index is 1.57. The number of nitrogens with zero attached hydrogens (tertiary/aromatic N) is 2. The topological polar surface area (TPSA) is 57.7 Å². The number of anilines is 1. The molecule has 2 fully saturated rings. The van der Waals surface area contributed by atoms with Crippen molar-refractivity contribution in [3.05, 3.63) is 42.0 Å². The van der Waals surface area contributed by atoms with Gasteiger partial charge in [0, 0.05) is 14.1 Å². The lowest BCUT2D eigenvalue weighted by molar-refractivity contribution is -0.128. The van der Waals surface area contributed by atoms with Crippen molar-refractivity contribution in [2.45, 2.75) is 19.3 Å². The van der Waals surface area contributed by atoms with Crippen LogP contribution in [-0.2, 0) is 20.8 Å². The van der Waals surface area contributed by atoms with Crippen LogP contribution < -0.4 is 4.90 Å². The minimum Gasteiger partial charge on any atom is -0.349 e. The molecule has 4 unspecified atom stereocenters. The standard InChI is InChI=1S/C20H22N2O3/c1-21(2)16(23)11-12-3-9-15(10-4-12)22-19(24)17-13-5-6-14(8-7-13)18(17)20(22)25/h3-6,9-10,13-14,17-18H,7-8,11H2,1-2H3. The fraction of sp³-hybridized carbons (Fsp3) is 0.450. The van der Waals surface area contributed by atoms with Crippen LogP contribution >= 0.6 is 0 Å². The highest BCUT2D eigenvalue weighted by atomic mass is 16.2. The van der Waals surface area contributed by atoms with Crippen molar-refractivity contribution in [3.8, 4) is 0 Å². The molecule has 5 heteroatoms. The maximum atomic E-state index is 12.9. The van der Waals surface area contributed by atoms with Crippen LogP contribution in [0.4, 0.5) is 5.69 Å². The van der Waals surface area contributed by atoms with E-state index in [0.717, 1.165) is 18.4 Å². The van der Waals surface area contributed by atoms with E-state index in [1.54, 1.807) is 31.1 Å². The van der Waals surface area contributed by atoms with Crippen LogP contribution in [0.5, 0.6) is 0 Å². The number of carbonyl (C=O) groups is 3. The lowest BCUT2D eigenvalue weighted by Gasteiger charge is -2.38. The van der Waals surface area contributed by atoms with Crippen molar-refractivity contribution >= 4 is 23.4 Å². The molecule has 0 spiro atoms. The van der Waals surface area contributed by atoms with Crippen LogP contribution in [0.2, 0.25) is 0 Å². The summed E-state index contributed by atoms with van der Waals surface area (Å²) >= 11 is 0. The number of carbonyl (C=O) groups excluding carboxylic acids is 3. The first kappa shape index (κ1) is 16.1. The average Bonchev–Trinajstić information content (AvgIpc) is 2.90. The Kier molecular flexibility index (Phi) is 3.74. The highest BCUT2D eigenvalue weighted by Gasteiger charge is 2.56. The summed E-state index contributed by atoms with van der Waals surface area (Å²) in [5.41, 5.74) is 1.49. The van der Waals surface area contributed by atoms with Gasteiger partial charge in [0.05, 0.1) is 23.9 Å². The van der Waals surface area contributed by atoms with E-state index in [-0.39, 0.29) is 41.4 Å². The van der Waals surface area contributed by atoms with Crippen molar-refractivity contribution in [1.82, 2.24) is 4.90 Å². The summed E-state index contributed by atoms with van der Waals surface area (Å²) in [6.45, 7) is 0. The number of fused-ring (bicyclic) bond motifs is 1. The van der Waals surface area contributed by atoms with Crippen molar-refractivity contribution in [1.29, 1.82) is 0 Å². The molecule has 2 bridgehead atoms. The zero-order valence-corrected chi connectivity index (χ0v) is 14.5. The second kappa shape index (κ2) is 5.83. The van der Waals surface area contributed by atoms with Crippen LogP contribution in [0.3, 0.4) is 0 Å². The predicted octanol–water partition coefficient (Wildman–Crippen LogP) is 2.02. The normalized spacial score (nSPS) is 29.9. The van der Waals surface area contributed by atoms with E-state index in [0.29, 0.717) is 12.1 Å². The van der Waals surface area contributed by atoms with E-state index < -0.39 is 0 Å². The molecule has 0 aromatic heterocycles. The van der Waals surface area contributed by atoms with Gasteiger partial charge in [0.1, 0.15) is 0 Å². The van der Waals surface area contributed by atoms with E-state index in [2.05, 4.69) is 12.2 Å². The number of allylic oxidation sites excluding steroid dienone is 2. The zero-order chi connectivity index (χ0) is 17.7. The molecular formula is C20H22N2O3. The second-order valence-electron chi connectivity index (χ2n) is 7.48. The van der Waals surface area contributed by atoms with Gasteiger partial charge in [-0.2, -0.15) is 0 Å². The summed E-state index contributed by atoms with van der Waals surface area (Å²) in [7, 11) is 3.45. The van der Waals surface area contributed by atoms with Gasteiger partial charge in [-0.3, -0.25) is 19.3 Å². The number of benzene rings is 1. The van der Waals surface area contributed by atoms with E-state index in [9.17, 15) is 14.4 Å². The number of hydrogen-bond acceptors (Lipinski definition) is 3. The highest BCUT2D eigenvalue weighted by Crippen LogP contribution is 2.50. The molecular weight excluding hydrogens is 316 g/mol. The Hall–Kier alpha value is -2.43. The fourth-order valence-corrected chi connectivity index (χ4v) is 4.42. The Bertz CT molecular complexity index is 734. The average molecular weight is 338 g/mol. The first-order valence-corrected chi connectivity index (χ1v) is 8.82. The lowest BCUT2D eigenvalue weighted by atomic mass is 9.63. The summed E-state index contributed by atoms with van der Waals surface area (Å²) in [4.78, 5) is 40.5. The maximum Gasteiger partial charge on any atom is 0.238 e. The molecule has 4 atom stereocenters. The van der Waals surface area contributed by atoms with Crippen molar-refractivity contribution in [2.75, 3.05) is 19.0 Å². The molecule has 5 nitrogen and oxygen atoms in total. The molecule has 3 amide bonds. The molecule has 1 heterocycles. The van der Waals surface area contributed by atoms with Crippen LogP contribution in [-0.4, -0.2) is 36.7 Å². The quantitative estimate of drug-likeness (QED) is 0.626. The SMILES string of the molecule is CN(C)C(=O)Cc1ccc(N2C(=O)C3C4C=CC(CC4)C3C2=O)cc1. The fourth-order valence-electron chi connectivity index (χ4n) is 4.42. The Labute approximate surface area is 147 Å². The van der Waals surface area contributed by atoms with Crippen molar-refractivity contribution in [3.63, 3.8) is 0 Å². The van der Waals surface area contributed by atoms with Gasteiger partial charge < -0.3 is 4.90 Å². The smallest absolute Gasteiger partial charge is 0.238 e. The van der Waals surface area contributed by atoms with Gasteiger partial charge in [-0.05, 0) is 42.4 Å².